The van der Waals surface area contributed by atoms with Gasteiger partial charge in [-0.25, -0.2) is 0 Å². The number of ether oxygens (including phenoxy) is 2. The van der Waals surface area contributed by atoms with Gasteiger partial charge in [-0.2, -0.15) is 0 Å². The Hall–Kier alpha value is -3.16. The quantitative estimate of drug-likeness (QED) is 0.335. The van der Waals surface area contributed by atoms with Gasteiger partial charge >= 0.3 is 0 Å². The Morgan fingerprint density at radius 1 is 1.03 bits per heavy atom. The molecule has 0 unspecified atom stereocenters. The highest BCUT2D eigenvalue weighted by molar-refractivity contribution is 6.46. The van der Waals surface area contributed by atoms with E-state index in [0.717, 1.165) is 44.8 Å². The maximum atomic E-state index is 13.2. The van der Waals surface area contributed by atoms with Crippen molar-refractivity contribution >= 4 is 17.4 Å². The molecule has 2 heterocycles. The van der Waals surface area contributed by atoms with Crippen molar-refractivity contribution in [1.29, 1.82) is 0 Å². The van der Waals surface area contributed by atoms with Gasteiger partial charge in [0.25, 0.3) is 11.7 Å². The van der Waals surface area contributed by atoms with E-state index in [9.17, 15) is 14.7 Å². The Kier molecular flexibility index (Phi) is 8.21. The summed E-state index contributed by atoms with van der Waals surface area (Å²) in [6, 6.07) is 15.8. The number of nitrogens with zero attached hydrogens (tertiary/aromatic N) is 2. The van der Waals surface area contributed by atoms with Crippen molar-refractivity contribution in [2.75, 3.05) is 46.0 Å². The highest BCUT2D eigenvalue weighted by Gasteiger charge is 2.45. The van der Waals surface area contributed by atoms with E-state index in [2.05, 4.69) is 18.7 Å². The first kappa shape index (κ1) is 24.9. The van der Waals surface area contributed by atoms with Gasteiger partial charge in [-0.1, -0.05) is 44.2 Å². The standard InChI is InChI=1S/C28H34N2O5/c1-20(2)19-35-23-11-9-22(10-12-23)26(31)24-25(21-7-4-3-5-8-21)30(28(33)27(24)32)14-6-13-29-15-17-34-18-16-29/h3-5,7-12,20,25,31H,6,13-19H2,1-2H3/t25-/m1/s1. The second-order valence-corrected chi connectivity index (χ2v) is 9.44. The molecular weight excluding hydrogens is 444 g/mol. The molecule has 4 rings (SSSR count). The van der Waals surface area contributed by atoms with Gasteiger partial charge in [-0.3, -0.25) is 14.5 Å². The number of morpholine rings is 1. The summed E-state index contributed by atoms with van der Waals surface area (Å²) in [5.41, 5.74) is 1.41. The van der Waals surface area contributed by atoms with Gasteiger partial charge < -0.3 is 19.5 Å². The largest absolute Gasteiger partial charge is 0.507 e. The van der Waals surface area contributed by atoms with Gasteiger partial charge in [0.1, 0.15) is 11.5 Å². The number of hydrogen-bond acceptors (Lipinski definition) is 6. The van der Waals surface area contributed by atoms with Gasteiger partial charge in [0.05, 0.1) is 31.4 Å². The van der Waals surface area contributed by atoms with Crippen molar-refractivity contribution < 1.29 is 24.2 Å². The SMILES string of the molecule is CC(C)COc1ccc(C(O)=C2C(=O)C(=O)N(CCCN3CCOCC3)[C@@H]2c2ccccc2)cc1. The van der Waals surface area contributed by atoms with Crippen LogP contribution in [0.3, 0.4) is 0 Å². The van der Waals surface area contributed by atoms with Gasteiger partial charge in [0.15, 0.2) is 0 Å². The van der Waals surface area contributed by atoms with Crippen LogP contribution in [0.2, 0.25) is 0 Å². The predicted octanol–water partition coefficient (Wildman–Crippen LogP) is 3.87. The van der Waals surface area contributed by atoms with E-state index in [1.54, 1.807) is 29.2 Å². The Balaban J connectivity index is 1.59. The number of ketones is 1. The molecule has 2 aliphatic rings. The smallest absolute Gasteiger partial charge is 0.295 e. The molecule has 1 atom stereocenters. The summed E-state index contributed by atoms with van der Waals surface area (Å²) >= 11 is 0. The van der Waals surface area contributed by atoms with Crippen LogP contribution in [0, 0.1) is 5.92 Å². The van der Waals surface area contributed by atoms with E-state index in [0.29, 0.717) is 30.4 Å². The predicted molar refractivity (Wildman–Crippen MR) is 134 cm³/mol. The molecule has 0 spiro atoms. The number of carbonyl (C=O) groups excluding carboxylic acids is 2. The summed E-state index contributed by atoms with van der Waals surface area (Å²) in [6.45, 7) is 9.18. The zero-order chi connectivity index (χ0) is 24.8. The summed E-state index contributed by atoms with van der Waals surface area (Å²) in [7, 11) is 0. The highest BCUT2D eigenvalue weighted by atomic mass is 16.5. The monoisotopic (exact) mass is 478 g/mol. The maximum Gasteiger partial charge on any atom is 0.295 e. The van der Waals surface area contributed by atoms with Crippen molar-refractivity contribution in [1.82, 2.24) is 9.80 Å². The van der Waals surface area contributed by atoms with Crippen LogP contribution in [0.1, 0.15) is 37.4 Å². The minimum atomic E-state index is -0.650. The summed E-state index contributed by atoms with van der Waals surface area (Å²) < 4.78 is 11.1. The summed E-state index contributed by atoms with van der Waals surface area (Å²) in [6.07, 6.45) is 0.734. The van der Waals surface area contributed by atoms with Crippen LogP contribution >= 0.6 is 0 Å². The normalized spacial score (nSPS) is 20.5. The first-order valence-corrected chi connectivity index (χ1v) is 12.3. The average molecular weight is 479 g/mol. The highest BCUT2D eigenvalue weighted by Crippen LogP contribution is 2.39. The van der Waals surface area contributed by atoms with Crippen molar-refractivity contribution in [3.63, 3.8) is 0 Å². The fraction of sp³-hybridized carbons (Fsp3) is 0.429. The second-order valence-electron chi connectivity index (χ2n) is 9.44. The fourth-order valence-corrected chi connectivity index (χ4v) is 4.51. The number of aliphatic hydroxyl groups excluding tert-OH is 1. The molecule has 2 saturated heterocycles. The first-order chi connectivity index (χ1) is 17.0. The van der Waals surface area contributed by atoms with Gasteiger partial charge in [0.2, 0.25) is 0 Å². The van der Waals surface area contributed by atoms with E-state index >= 15 is 0 Å². The minimum absolute atomic E-state index is 0.128. The molecule has 0 aliphatic carbocycles. The Labute approximate surface area is 206 Å². The van der Waals surface area contributed by atoms with E-state index in [4.69, 9.17) is 9.47 Å². The molecule has 2 aromatic rings. The van der Waals surface area contributed by atoms with Crippen LogP contribution < -0.4 is 4.74 Å². The molecule has 1 N–H and O–H groups in total. The third-order valence-corrected chi connectivity index (χ3v) is 6.34. The molecule has 0 radical (unpaired) electrons. The van der Waals surface area contributed by atoms with E-state index in [-0.39, 0.29) is 11.3 Å². The number of likely N-dealkylation sites (tertiary alicyclic amines) is 1. The van der Waals surface area contributed by atoms with Crippen molar-refractivity contribution in [2.45, 2.75) is 26.3 Å². The number of benzene rings is 2. The van der Waals surface area contributed by atoms with Crippen LogP contribution in [0.5, 0.6) is 5.75 Å². The topological polar surface area (TPSA) is 79.3 Å². The molecule has 7 heteroatoms. The number of carbonyl (C=O) groups is 2. The van der Waals surface area contributed by atoms with Crippen molar-refractivity contribution in [3.8, 4) is 5.75 Å². The van der Waals surface area contributed by atoms with Crippen LogP contribution in [0.4, 0.5) is 0 Å². The lowest BCUT2D eigenvalue weighted by Crippen LogP contribution is -2.38. The van der Waals surface area contributed by atoms with E-state index in [1.165, 1.54) is 0 Å². The molecule has 35 heavy (non-hydrogen) atoms. The zero-order valence-corrected chi connectivity index (χ0v) is 20.5. The summed E-state index contributed by atoms with van der Waals surface area (Å²) in [5, 5.41) is 11.2. The van der Waals surface area contributed by atoms with Crippen LogP contribution in [-0.4, -0.2) is 72.6 Å². The molecule has 0 aromatic heterocycles. The number of hydrogen-bond donors (Lipinski definition) is 1. The minimum Gasteiger partial charge on any atom is -0.507 e. The third kappa shape index (κ3) is 5.92. The lowest BCUT2D eigenvalue weighted by atomic mass is 9.95. The van der Waals surface area contributed by atoms with Crippen LogP contribution in [0.15, 0.2) is 60.2 Å². The Morgan fingerprint density at radius 2 is 1.71 bits per heavy atom. The van der Waals surface area contributed by atoms with Gasteiger partial charge in [-0.05, 0) is 42.2 Å². The van der Waals surface area contributed by atoms with Crippen LogP contribution in [0.25, 0.3) is 5.76 Å². The van der Waals surface area contributed by atoms with E-state index in [1.807, 2.05) is 30.3 Å². The fourth-order valence-electron chi connectivity index (χ4n) is 4.51. The molecular formula is C28H34N2O5. The third-order valence-electron chi connectivity index (χ3n) is 6.34. The Bertz CT molecular complexity index is 1040. The summed E-state index contributed by atoms with van der Waals surface area (Å²) in [5.74, 6) is -0.294. The number of aliphatic hydroxyl groups is 1. The maximum absolute atomic E-state index is 13.2. The number of Topliss-reactive ketones (excluding diaryl/α,β-unsaturated/α-hetero) is 1. The number of rotatable bonds is 9. The number of amides is 1. The van der Waals surface area contributed by atoms with Crippen LogP contribution in [-0.2, 0) is 14.3 Å². The molecule has 0 saturated carbocycles. The molecule has 7 nitrogen and oxygen atoms in total. The van der Waals surface area contributed by atoms with Gasteiger partial charge in [0, 0.05) is 31.7 Å². The Morgan fingerprint density at radius 3 is 2.37 bits per heavy atom. The van der Waals surface area contributed by atoms with E-state index < -0.39 is 17.7 Å². The van der Waals surface area contributed by atoms with Crippen molar-refractivity contribution in [3.05, 3.63) is 71.3 Å². The molecule has 2 aliphatic heterocycles. The lowest BCUT2D eigenvalue weighted by Gasteiger charge is -2.29. The van der Waals surface area contributed by atoms with Crippen molar-refractivity contribution in [2.24, 2.45) is 5.92 Å². The zero-order valence-electron chi connectivity index (χ0n) is 20.5. The molecule has 186 valence electrons. The first-order valence-electron chi connectivity index (χ1n) is 12.3. The molecule has 0 bridgehead atoms. The van der Waals surface area contributed by atoms with Gasteiger partial charge in [-0.15, -0.1) is 0 Å². The lowest BCUT2D eigenvalue weighted by molar-refractivity contribution is -0.140. The average Bonchev–Trinajstić information content (AvgIpc) is 3.13. The molecule has 2 fully saturated rings. The second kappa shape index (κ2) is 11.5. The summed E-state index contributed by atoms with van der Waals surface area (Å²) in [4.78, 5) is 30.2. The molecule has 2 aromatic carbocycles. The molecule has 1 amide bonds.